The van der Waals surface area contributed by atoms with Crippen molar-refractivity contribution >= 4 is 5.97 Å². The van der Waals surface area contributed by atoms with Gasteiger partial charge in [-0.05, 0) is 12.3 Å². The van der Waals surface area contributed by atoms with Crippen molar-refractivity contribution < 1.29 is 19.7 Å². The summed E-state index contributed by atoms with van der Waals surface area (Å²) in [5, 5.41) is 18.8. The maximum Gasteiger partial charge on any atom is 0.312 e. The van der Waals surface area contributed by atoms with E-state index in [-0.39, 0.29) is 25.1 Å². The molecule has 14 heavy (non-hydrogen) atoms. The van der Waals surface area contributed by atoms with Gasteiger partial charge in [-0.2, -0.15) is 0 Å². The number of cyclic esters (lactones) is 1. The van der Waals surface area contributed by atoms with E-state index in [1.165, 1.54) is 0 Å². The first-order chi connectivity index (χ1) is 6.56. The second kappa shape index (κ2) is 4.75. The van der Waals surface area contributed by atoms with Crippen LogP contribution in [0.3, 0.4) is 0 Å². The number of carbonyl (C=O) groups is 1. The Morgan fingerprint density at radius 3 is 2.71 bits per heavy atom. The lowest BCUT2D eigenvalue weighted by molar-refractivity contribution is -0.144. The summed E-state index contributed by atoms with van der Waals surface area (Å²) in [6, 6.07) is 0. The Kier molecular flexibility index (Phi) is 3.89. The molecule has 0 unspecified atom stereocenters. The van der Waals surface area contributed by atoms with Gasteiger partial charge in [-0.3, -0.25) is 4.79 Å². The van der Waals surface area contributed by atoms with Gasteiger partial charge in [-0.1, -0.05) is 13.8 Å². The summed E-state index contributed by atoms with van der Waals surface area (Å²) in [6.45, 7) is 4.09. The number of hydrogen-bond acceptors (Lipinski definition) is 4. The van der Waals surface area contributed by atoms with Crippen LogP contribution in [-0.4, -0.2) is 35.5 Å². The Morgan fingerprint density at radius 1 is 1.57 bits per heavy atom. The fraction of sp³-hybridized carbons (Fsp3) is 0.900. The van der Waals surface area contributed by atoms with Gasteiger partial charge in [0.05, 0.1) is 25.2 Å². The molecular formula is C10H18O4. The van der Waals surface area contributed by atoms with Crippen LogP contribution in [0.4, 0.5) is 0 Å². The van der Waals surface area contributed by atoms with Gasteiger partial charge < -0.3 is 14.9 Å². The lowest BCUT2D eigenvalue weighted by atomic mass is 9.86. The summed E-state index contributed by atoms with van der Waals surface area (Å²) in [4.78, 5) is 11.3. The molecule has 1 aliphatic rings. The number of aliphatic hydroxyl groups excluding tert-OH is 2. The average Bonchev–Trinajstić information content (AvgIpc) is 2.45. The van der Waals surface area contributed by atoms with Crippen LogP contribution in [0.2, 0.25) is 0 Å². The highest BCUT2D eigenvalue weighted by Gasteiger charge is 2.41. The first-order valence-electron chi connectivity index (χ1n) is 5.01. The van der Waals surface area contributed by atoms with Crippen molar-refractivity contribution in [3.8, 4) is 0 Å². The van der Waals surface area contributed by atoms with E-state index in [4.69, 9.17) is 9.84 Å². The fourth-order valence-electron chi connectivity index (χ4n) is 1.85. The predicted molar refractivity (Wildman–Crippen MR) is 50.5 cm³/mol. The molecule has 4 nitrogen and oxygen atoms in total. The van der Waals surface area contributed by atoms with E-state index in [1.54, 1.807) is 0 Å². The zero-order valence-corrected chi connectivity index (χ0v) is 8.64. The lowest BCUT2D eigenvalue weighted by Crippen LogP contribution is -2.32. The summed E-state index contributed by atoms with van der Waals surface area (Å²) < 4.78 is 4.81. The second-order valence-corrected chi connectivity index (χ2v) is 4.30. The topological polar surface area (TPSA) is 66.8 Å². The minimum absolute atomic E-state index is 0.106. The third-order valence-electron chi connectivity index (χ3n) is 2.58. The average molecular weight is 202 g/mol. The maximum absolute atomic E-state index is 11.3. The maximum atomic E-state index is 11.3. The summed E-state index contributed by atoms with van der Waals surface area (Å²) in [5.74, 6) is -0.825. The van der Waals surface area contributed by atoms with Crippen molar-refractivity contribution in [2.75, 3.05) is 13.2 Å². The number of esters is 1. The molecular weight excluding hydrogens is 184 g/mol. The Balaban J connectivity index is 2.58. The van der Waals surface area contributed by atoms with Crippen LogP contribution in [-0.2, 0) is 9.53 Å². The quantitative estimate of drug-likeness (QED) is 0.638. The molecule has 0 radical (unpaired) electrons. The second-order valence-electron chi connectivity index (χ2n) is 4.30. The highest BCUT2D eigenvalue weighted by molar-refractivity contribution is 5.75. The molecule has 1 fully saturated rings. The van der Waals surface area contributed by atoms with E-state index in [9.17, 15) is 9.90 Å². The number of aliphatic hydroxyl groups is 2. The van der Waals surface area contributed by atoms with Gasteiger partial charge in [0.15, 0.2) is 0 Å². The molecule has 82 valence electrons. The van der Waals surface area contributed by atoms with Gasteiger partial charge in [-0.15, -0.1) is 0 Å². The van der Waals surface area contributed by atoms with Crippen LogP contribution in [0.25, 0.3) is 0 Å². The first-order valence-corrected chi connectivity index (χ1v) is 5.01. The molecule has 0 aromatic heterocycles. The molecule has 4 heteroatoms. The minimum atomic E-state index is -0.692. The van der Waals surface area contributed by atoms with Crippen LogP contribution in [0, 0.1) is 17.8 Å². The van der Waals surface area contributed by atoms with E-state index >= 15 is 0 Å². The van der Waals surface area contributed by atoms with Crippen molar-refractivity contribution in [2.45, 2.75) is 26.4 Å². The number of rotatable bonds is 4. The van der Waals surface area contributed by atoms with Gasteiger partial charge >= 0.3 is 5.97 Å². The van der Waals surface area contributed by atoms with Crippen molar-refractivity contribution in [1.29, 1.82) is 0 Å². The monoisotopic (exact) mass is 202 g/mol. The van der Waals surface area contributed by atoms with Gasteiger partial charge in [-0.25, -0.2) is 0 Å². The predicted octanol–water partition coefficient (Wildman–Crippen LogP) is 0.175. The van der Waals surface area contributed by atoms with Crippen LogP contribution in [0.1, 0.15) is 20.3 Å². The van der Waals surface area contributed by atoms with E-state index in [0.717, 1.165) is 0 Å². The molecule has 0 bridgehead atoms. The molecule has 1 heterocycles. The van der Waals surface area contributed by atoms with Crippen molar-refractivity contribution in [3.63, 3.8) is 0 Å². The molecule has 1 aliphatic heterocycles. The Morgan fingerprint density at radius 2 is 2.21 bits per heavy atom. The minimum Gasteiger partial charge on any atom is -0.465 e. The number of carbonyl (C=O) groups excluding carboxylic acids is 1. The first kappa shape index (κ1) is 11.5. The third-order valence-corrected chi connectivity index (χ3v) is 2.58. The summed E-state index contributed by atoms with van der Waals surface area (Å²) in [6.07, 6.45) is -0.127. The molecule has 0 saturated carbocycles. The Hall–Kier alpha value is -0.610. The van der Waals surface area contributed by atoms with E-state index in [2.05, 4.69) is 0 Å². The van der Waals surface area contributed by atoms with Crippen LogP contribution in [0.15, 0.2) is 0 Å². The van der Waals surface area contributed by atoms with Gasteiger partial charge in [0, 0.05) is 5.92 Å². The SMILES string of the molecule is CC(C)C[C@@H](O)[C@H]1C(=O)OC[C@@H]1CO. The lowest BCUT2D eigenvalue weighted by Gasteiger charge is -2.20. The summed E-state index contributed by atoms with van der Waals surface area (Å²) >= 11 is 0. The molecule has 1 rings (SSSR count). The smallest absolute Gasteiger partial charge is 0.312 e. The molecule has 1 saturated heterocycles. The molecule has 0 amide bonds. The van der Waals surface area contributed by atoms with Crippen molar-refractivity contribution in [1.82, 2.24) is 0 Å². The highest BCUT2D eigenvalue weighted by Crippen LogP contribution is 2.27. The van der Waals surface area contributed by atoms with Crippen molar-refractivity contribution in [2.24, 2.45) is 17.8 Å². The number of hydrogen-bond donors (Lipinski definition) is 2. The zero-order chi connectivity index (χ0) is 10.7. The largest absolute Gasteiger partial charge is 0.465 e. The molecule has 2 N–H and O–H groups in total. The third kappa shape index (κ3) is 2.45. The standard InChI is InChI=1S/C10H18O4/c1-6(2)3-8(12)9-7(4-11)5-14-10(9)13/h6-9,11-12H,3-5H2,1-2H3/t7-,8+,9-/m0/s1. The van der Waals surface area contributed by atoms with Crippen LogP contribution < -0.4 is 0 Å². The van der Waals surface area contributed by atoms with E-state index < -0.39 is 12.0 Å². The molecule has 0 aliphatic carbocycles. The molecule has 0 spiro atoms. The summed E-state index contributed by atoms with van der Waals surface area (Å²) in [7, 11) is 0. The van der Waals surface area contributed by atoms with Gasteiger partial charge in [0.2, 0.25) is 0 Å². The normalized spacial score (nSPS) is 29.4. The van der Waals surface area contributed by atoms with Gasteiger partial charge in [0.1, 0.15) is 0 Å². The van der Waals surface area contributed by atoms with E-state index in [1.807, 2.05) is 13.8 Å². The van der Waals surface area contributed by atoms with Crippen molar-refractivity contribution in [3.05, 3.63) is 0 Å². The van der Waals surface area contributed by atoms with E-state index in [0.29, 0.717) is 12.3 Å². The highest BCUT2D eigenvalue weighted by atomic mass is 16.5. The number of ether oxygens (including phenoxy) is 1. The molecule has 0 aromatic rings. The Labute approximate surface area is 83.9 Å². The summed E-state index contributed by atoms with van der Waals surface area (Å²) in [5.41, 5.74) is 0. The fourth-order valence-corrected chi connectivity index (χ4v) is 1.85. The van der Waals surface area contributed by atoms with Crippen LogP contribution in [0.5, 0.6) is 0 Å². The Bertz CT molecular complexity index is 202. The van der Waals surface area contributed by atoms with Gasteiger partial charge in [0.25, 0.3) is 0 Å². The molecule has 0 aromatic carbocycles. The van der Waals surface area contributed by atoms with Crippen LogP contribution >= 0.6 is 0 Å². The zero-order valence-electron chi connectivity index (χ0n) is 8.64. The molecule has 3 atom stereocenters.